The Labute approximate surface area is 117 Å². The van der Waals surface area contributed by atoms with Gasteiger partial charge in [-0.2, -0.15) is 13.2 Å². The largest absolute Gasteiger partial charge is 0.468 e. The lowest BCUT2D eigenvalue weighted by atomic mass is 10.4. The van der Waals surface area contributed by atoms with Crippen molar-refractivity contribution in [1.82, 2.24) is 4.98 Å². The summed E-state index contributed by atoms with van der Waals surface area (Å²) < 4.78 is 45.5. The number of aromatic nitrogens is 1. The second-order valence-electron chi connectivity index (χ2n) is 3.85. The first-order valence-corrected chi connectivity index (χ1v) is 5.94. The van der Waals surface area contributed by atoms with Crippen LogP contribution in [0.4, 0.5) is 18.9 Å². The van der Waals surface area contributed by atoms with Gasteiger partial charge in [0.2, 0.25) is 5.88 Å². The zero-order chi connectivity index (χ0) is 14.6. The van der Waals surface area contributed by atoms with Gasteiger partial charge in [0.25, 0.3) is 0 Å². The van der Waals surface area contributed by atoms with Gasteiger partial charge in [-0.15, -0.1) is 0 Å². The Bertz CT molecular complexity index is 555. The normalized spacial score (nSPS) is 11.4. The highest BCUT2D eigenvalue weighted by Crippen LogP contribution is 2.19. The minimum atomic E-state index is -4.38. The van der Waals surface area contributed by atoms with Crippen LogP contribution in [0.25, 0.3) is 0 Å². The first kappa shape index (κ1) is 14.5. The van der Waals surface area contributed by atoms with E-state index in [1.807, 2.05) is 0 Å². The van der Waals surface area contributed by atoms with E-state index >= 15 is 0 Å². The van der Waals surface area contributed by atoms with Crippen LogP contribution >= 0.6 is 11.6 Å². The zero-order valence-electron chi connectivity index (χ0n) is 10.1. The summed E-state index contributed by atoms with van der Waals surface area (Å²) in [5.41, 5.74) is 0.622. The van der Waals surface area contributed by atoms with E-state index in [0.29, 0.717) is 18.0 Å². The Kier molecular flexibility index (Phi) is 4.39. The molecule has 4 nitrogen and oxygen atoms in total. The van der Waals surface area contributed by atoms with E-state index in [1.54, 1.807) is 18.2 Å². The Balaban J connectivity index is 1.85. The molecule has 0 spiro atoms. The van der Waals surface area contributed by atoms with Gasteiger partial charge in [0.15, 0.2) is 11.8 Å². The molecule has 0 aliphatic rings. The Morgan fingerprint density at radius 2 is 2.05 bits per heavy atom. The van der Waals surface area contributed by atoms with Crippen molar-refractivity contribution in [1.29, 1.82) is 0 Å². The number of pyridine rings is 1. The molecule has 0 saturated heterocycles. The van der Waals surface area contributed by atoms with E-state index < -0.39 is 12.8 Å². The van der Waals surface area contributed by atoms with E-state index in [9.17, 15) is 13.2 Å². The molecule has 0 atom stereocenters. The maximum absolute atomic E-state index is 11.9. The number of hydrogen-bond donors (Lipinski definition) is 1. The van der Waals surface area contributed by atoms with Crippen LogP contribution < -0.4 is 10.1 Å². The van der Waals surface area contributed by atoms with Gasteiger partial charge >= 0.3 is 6.18 Å². The molecule has 0 aliphatic carbocycles. The molecule has 8 heteroatoms. The van der Waals surface area contributed by atoms with E-state index in [-0.39, 0.29) is 11.1 Å². The fourth-order valence-corrected chi connectivity index (χ4v) is 1.52. The summed E-state index contributed by atoms with van der Waals surface area (Å²) in [6.45, 7) is -0.977. The average molecular weight is 307 g/mol. The van der Waals surface area contributed by atoms with E-state index in [1.165, 1.54) is 12.3 Å². The van der Waals surface area contributed by atoms with Crippen molar-refractivity contribution in [2.24, 2.45) is 0 Å². The SMILES string of the molecule is FC(F)(F)COc1ccc(NCc2ccc(Cl)o2)cn1. The number of furan rings is 1. The van der Waals surface area contributed by atoms with Crippen molar-refractivity contribution < 1.29 is 22.3 Å². The summed E-state index contributed by atoms with van der Waals surface area (Å²) in [5.74, 6) is 0.543. The quantitative estimate of drug-likeness (QED) is 0.910. The number of halogens is 4. The summed E-state index contributed by atoms with van der Waals surface area (Å²) in [7, 11) is 0. The van der Waals surface area contributed by atoms with Crippen LogP contribution in [0.3, 0.4) is 0 Å². The van der Waals surface area contributed by atoms with Crippen LogP contribution in [0.2, 0.25) is 5.22 Å². The number of anilines is 1. The van der Waals surface area contributed by atoms with Gasteiger partial charge in [0.05, 0.1) is 18.4 Å². The lowest BCUT2D eigenvalue weighted by Crippen LogP contribution is -2.19. The fourth-order valence-electron chi connectivity index (χ4n) is 1.36. The molecular weight excluding hydrogens is 297 g/mol. The number of nitrogens with one attached hydrogen (secondary N) is 1. The third kappa shape index (κ3) is 4.65. The number of nitrogens with zero attached hydrogens (tertiary/aromatic N) is 1. The van der Waals surface area contributed by atoms with Crippen molar-refractivity contribution >= 4 is 17.3 Å². The summed E-state index contributed by atoms with van der Waals surface area (Å²) in [5, 5.41) is 3.27. The molecule has 0 bridgehead atoms. The standard InChI is InChI=1S/C12H10ClF3N2O2/c13-10-3-2-9(20-10)6-17-8-1-4-11(18-5-8)19-7-12(14,15)16/h1-5,17H,6-7H2. The van der Waals surface area contributed by atoms with Crippen LogP contribution in [-0.2, 0) is 6.54 Å². The highest BCUT2D eigenvalue weighted by molar-refractivity contribution is 6.28. The predicted octanol–water partition coefficient (Wildman–Crippen LogP) is 3.88. The molecular formula is C12H10ClF3N2O2. The van der Waals surface area contributed by atoms with Crippen molar-refractivity contribution in [2.45, 2.75) is 12.7 Å². The van der Waals surface area contributed by atoms with Gasteiger partial charge in [-0.05, 0) is 29.8 Å². The van der Waals surface area contributed by atoms with Crippen LogP contribution in [0.1, 0.15) is 5.76 Å². The summed E-state index contributed by atoms with van der Waals surface area (Å²) in [6.07, 6.45) is -3.01. The molecule has 0 saturated carbocycles. The minimum Gasteiger partial charge on any atom is -0.468 e. The van der Waals surface area contributed by atoms with Gasteiger partial charge < -0.3 is 14.5 Å². The van der Waals surface area contributed by atoms with E-state index in [2.05, 4.69) is 15.0 Å². The molecule has 108 valence electrons. The highest BCUT2D eigenvalue weighted by Gasteiger charge is 2.28. The van der Waals surface area contributed by atoms with Gasteiger partial charge in [0.1, 0.15) is 5.76 Å². The molecule has 2 aromatic rings. The number of hydrogen-bond acceptors (Lipinski definition) is 4. The Morgan fingerprint density at radius 1 is 1.25 bits per heavy atom. The van der Waals surface area contributed by atoms with Crippen LogP contribution in [0.15, 0.2) is 34.9 Å². The topological polar surface area (TPSA) is 47.3 Å². The lowest BCUT2D eigenvalue weighted by Gasteiger charge is -2.09. The summed E-state index contributed by atoms with van der Waals surface area (Å²) >= 11 is 5.62. The van der Waals surface area contributed by atoms with E-state index in [4.69, 9.17) is 16.0 Å². The molecule has 0 radical (unpaired) electrons. The predicted molar refractivity (Wildman–Crippen MR) is 66.8 cm³/mol. The Morgan fingerprint density at radius 3 is 2.60 bits per heavy atom. The molecule has 2 aromatic heterocycles. The molecule has 0 aliphatic heterocycles. The van der Waals surface area contributed by atoms with Crippen molar-refractivity contribution in [3.63, 3.8) is 0 Å². The number of alkyl halides is 3. The average Bonchev–Trinajstić information content (AvgIpc) is 2.80. The molecule has 0 unspecified atom stereocenters. The van der Waals surface area contributed by atoms with Crippen LogP contribution in [-0.4, -0.2) is 17.8 Å². The maximum atomic E-state index is 11.9. The molecule has 0 fully saturated rings. The van der Waals surface area contributed by atoms with Crippen molar-refractivity contribution in [2.75, 3.05) is 11.9 Å². The molecule has 20 heavy (non-hydrogen) atoms. The van der Waals surface area contributed by atoms with Crippen molar-refractivity contribution in [3.05, 3.63) is 41.4 Å². The molecule has 2 heterocycles. The molecule has 1 N–H and O–H groups in total. The maximum Gasteiger partial charge on any atom is 0.422 e. The fraction of sp³-hybridized carbons (Fsp3) is 0.250. The van der Waals surface area contributed by atoms with Crippen LogP contribution in [0.5, 0.6) is 5.88 Å². The van der Waals surface area contributed by atoms with Gasteiger partial charge in [-0.1, -0.05) is 0 Å². The molecule has 0 aromatic carbocycles. The lowest BCUT2D eigenvalue weighted by molar-refractivity contribution is -0.154. The van der Waals surface area contributed by atoms with Gasteiger partial charge in [-0.25, -0.2) is 4.98 Å². The van der Waals surface area contributed by atoms with E-state index in [0.717, 1.165) is 0 Å². The Hall–Kier alpha value is -1.89. The third-order valence-electron chi connectivity index (χ3n) is 2.22. The van der Waals surface area contributed by atoms with Gasteiger partial charge in [-0.3, -0.25) is 0 Å². The molecule has 2 rings (SSSR count). The molecule has 0 amide bonds. The highest BCUT2D eigenvalue weighted by atomic mass is 35.5. The summed E-state index contributed by atoms with van der Waals surface area (Å²) in [4.78, 5) is 3.76. The second kappa shape index (κ2) is 6.04. The smallest absolute Gasteiger partial charge is 0.422 e. The number of ether oxygens (including phenoxy) is 1. The van der Waals surface area contributed by atoms with Crippen LogP contribution in [0, 0.1) is 0 Å². The first-order chi connectivity index (χ1) is 9.42. The number of rotatable bonds is 5. The first-order valence-electron chi connectivity index (χ1n) is 5.56. The monoisotopic (exact) mass is 306 g/mol. The zero-order valence-corrected chi connectivity index (χ0v) is 10.8. The second-order valence-corrected chi connectivity index (χ2v) is 4.22. The minimum absolute atomic E-state index is 0.0890. The van der Waals surface area contributed by atoms with Gasteiger partial charge in [0, 0.05) is 6.07 Å². The van der Waals surface area contributed by atoms with Crippen molar-refractivity contribution in [3.8, 4) is 5.88 Å². The third-order valence-corrected chi connectivity index (χ3v) is 2.42. The summed E-state index contributed by atoms with van der Waals surface area (Å²) in [6, 6.07) is 6.24.